The Morgan fingerprint density at radius 2 is 2.25 bits per heavy atom. The molecule has 1 N–H and O–H groups in total. The highest BCUT2D eigenvalue weighted by Crippen LogP contribution is 2.23. The Hall–Kier alpha value is -2.56. The molecule has 1 aromatic heterocycles. The number of para-hydroxylation sites is 2. The number of amides is 1. The van der Waals surface area contributed by atoms with Gasteiger partial charge >= 0.3 is 0 Å². The normalized spacial score (nSPS) is 10.7. The van der Waals surface area contributed by atoms with Gasteiger partial charge in [0.1, 0.15) is 5.75 Å². The lowest BCUT2D eigenvalue weighted by Gasteiger charge is -2.09. The molecule has 5 heteroatoms. The van der Waals surface area contributed by atoms with Gasteiger partial charge in [-0.3, -0.25) is 9.48 Å². The topological polar surface area (TPSA) is 56.1 Å². The Kier molecular flexibility index (Phi) is 4.55. The number of carbonyl (C=O) groups is 1. The van der Waals surface area contributed by atoms with Gasteiger partial charge in [-0.2, -0.15) is 5.10 Å². The molecule has 1 heterocycles. The van der Waals surface area contributed by atoms with E-state index in [0.29, 0.717) is 18.0 Å². The van der Waals surface area contributed by atoms with Crippen molar-refractivity contribution in [1.82, 2.24) is 9.78 Å². The highest BCUT2D eigenvalue weighted by molar-refractivity contribution is 6.02. The van der Waals surface area contributed by atoms with Crippen LogP contribution in [0.15, 0.2) is 42.7 Å². The maximum Gasteiger partial charge on any atom is 0.248 e. The van der Waals surface area contributed by atoms with Gasteiger partial charge < -0.3 is 10.1 Å². The van der Waals surface area contributed by atoms with E-state index < -0.39 is 0 Å². The number of benzene rings is 1. The van der Waals surface area contributed by atoms with E-state index in [9.17, 15) is 4.79 Å². The van der Waals surface area contributed by atoms with E-state index in [1.54, 1.807) is 23.0 Å². The minimum absolute atomic E-state index is 0.207. The molecule has 0 aliphatic carbocycles. The van der Waals surface area contributed by atoms with Crippen LogP contribution in [0.2, 0.25) is 0 Å². The lowest BCUT2D eigenvalue weighted by Crippen LogP contribution is -2.09. The van der Waals surface area contributed by atoms with Crippen LogP contribution in [-0.4, -0.2) is 22.3 Å². The molecule has 0 fully saturated rings. The van der Waals surface area contributed by atoms with Crippen LogP contribution in [0.25, 0.3) is 6.08 Å². The first-order chi connectivity index (χ1) is 9.69. The summed E-state index contributed by atoms with van der Waals surface area (Å²) in [4.78, 5) is 11.9. The molecule has 0 bridgehead atoms. The van der Waals surface area contributed by atoms with Crippen molar-refractivity contribution in [3.05, 3.63) is 48.3 Å². The number of nitrogens with zero attached hydrogens (tertiary/aromatic N) is 2. The Balaban J connectivity index is 2.03. The van der Waals surface area contributed by atoms with E-state index in [-0.39, 0.29) is 5.91 Å². The Labute approximate surface area is 117 Å². The van der Waals surface area contributed by atoms with Crippen molar-refractivity contribution in [1.29, 1.82) is 0 Å². The second-order valence-electron chi connectivity index (χ2n) is 4.20. The van der Waals surface area contributed by atoms with Crippen LogP contribution in [-0.2, 0) is 11.8 Å². The lowest BCUT2D eigenvalue weighted by atomic mass is 10.2. The molecule has 0 radical (unpaired) electrons. The number of hydrogen-bond acceptors (Lipinski definition) is 3. The van der Waals surface area contributed by atoms with Crippen LogP contribution in [0.4, 0.5) is 5.69 Å². The first-order valence-corrected chi connectivity index (χ1v) is 6.38. The number of nitrogens with one attached hydrogen (secondary N) is 1. The number of ether oxygens (including phenoxy) is 1. The van der Waals surface area contributed by atoms with Gasteiger partial charge in [0.15, 0.2) is 0 Å². The van der Waals surface area contributed by atoms with E-state index in [2.05, 4.69) is 10.4 Å². The smallest absolute Gasteiger partial charge is 0.248 e. The van der Waals surface area contributed by atoms with E-state index in [1.165, 1.54) is 6.08 Å². The fourth-order valence-electron chi connectivity index (χ4n) is 1.72. The molecular formula is C15H17N3O2. The summed E-state index contributed by atoms with van der Waals surface area (Å²) in [5.41, 5.74) is 1.54. The summed E-state index contributed by atoms with van der Waals surface area (Å²) in [6.07, 6.45) is 6.71. The van der Waals surface area contributed by atoms with Crippen LogP contribution in [0, 0.1) is 0 Å². The zero-order chi connectivity index (χ0) is 14.4. The number of aromatic nitrogens is 2. The molecule has 0 spiro atoms. The number of anilines is 1. The monoisotopic (exact) mass is 271 g/mol. The number of carbonyl (C=O) groups excluding carboxylic acids is 1. The molecule has 1 aromatic carbocycles. The maximum atomic E-state index is 11.9. The largest absolute Gasteiger partial charge is 0.492 e. The summed E-state index contributed by atoms with van der Waals surface area (Å²) in [6.45, 7) is 2.46. The summed E-state index contributed by atoms with van der Waals surface area (Å²) < 4.78 is 7.13. The fourth-order valence-corrected chi connectivity index (χ4v) is 1.72. The van der Waals surface area contributed by atoms with Crippen molar-refractivity contribution in [2.45, 2.75) is 6.92 Å². The van der Waals surface area contributed by atoms with Gasteiger partial charge in [0.05, 0.1) is 18.5 Å². The van der Waals surface area contributed by atoms with Crippen molar-refractivity contribution < 1.29 is 9.53 Å². The highest BCUT2D eigenvalue weighted by Gasteiger charge is 2.04. The van der Waals surface area contributed by atoms with Gasteiger partial charge in [-0.05, 0) is 25.1 Å². The lowest BCUT2D eigenvalue weighted by molar-refractivity contribution is -0.111. The van der Waals surface area contributed by atoms with E-state index in [1.807, 2.05) is 38.4 Å². The molecule has 0 unspecified atom stereocenters. The zero-order valence-corrected chi connectivity index (χ0v) is 11.5. The molecule has 5 nitrogen and oxygen atoms in total. The average Bonchev–Trinajstić information content (AvgIpc) is 2.85. The summed E-state index contributed by atoms with van der Waals surface area (Å²) in [5.74, 6) is 0.458. The Morgan fingerprint density at radius 3 is 2.95 bits per heavy atom. The molecule has 104 valence electrons. The van der Waals surface area contributed by atoms with Gasteiger partial charge in [-0.1, -0.05) is 12.1 Å². The van der Waals surface area contributed by atoms with Crippen molar-refractivity contribution in [3.8, 4) is 5.75 Å². The first kappa shape index (κ1) is 13.9. The van der Waals surface area contributed by atoms with Gasteiger partial charge in [-0.25, -0.2) is 0 Å². The quantitative estimate of drug-likeness (QED) is 0.850. The molecule has 20 heavy (non-hydrogen) atoms. The average molecular weight is 271 g/mol. The van der Waals surface area contributed by atoms with Crippen molar-refractivity contribution in [2.75, 3.05) is 11.9 Å². The summed E-state index contributed by atoms with van der Waals surface area (Å²) in [7, 11) is 1.83. The minimum atomic E-state index is -0.207. The zero-order valence-electron chi connectivity index (χ0n) is 11.5. The van der Waals surface area contributed by atoms with Crippen LogP contribution in [0.3, 0.4) is 0 Å². The van der Waals surface area contributed by atoms with E-state index >= 15 is 0 Å². The first-order valence-electron chi connectivity index (χ1n) is 6.38. The molecular weight excluding hydrogens is 254 g/mol. The van der Waals surface area contributed by atoms with Crippen LogP contribution < -0.4 is 10.1 Å². The van der Waals surface area contributed by atoms with Gasteiger partial charge in [0.25, 0.3) is 0 Å². The Bertz CT molecular complexity index is 617. The predicted octanol–water partition coefficient (Wildman–Crippen LogP) is 2.47. The van der Waals surface area contributed by atoms with Crippen LogP contribution in [0.5, 0.6) is 5.75 Å². The minimum Gasteiger partial charge on any atom is -0.492 e. The van der Waals surface area contributed by atoms with Gasteiger partial charge in [0, 0.05) is 24.9 Å². The van der Waals surface area contributed by atoms with Crippen molar-refractivity contribution in [2.24, 2.45) is 7.05 Å². The third kappa shape index (κ3) is 3.71. The third-order valence-corrected chi connectivity index (χ3v) is 2.60. The number of hydrogen-bond donors (Lipinski definition) is 1. The second kappa shape index (κ2) is 6.56. The fraction of sp³-hybridized carbons (Fsp3) is 0.200. The molecule has 2 rings (SSSR count). The second-order valence-corrected chi connectivity index (χ2v) is 4.20. The summed E-state index contributed by atoms with van der Waals surface area (Å²) >= 11 is 0. The molecule has 2 aromatic rings. The molecule has 0 aliphatic heterocycles. The standard InChI is InChI=1S/C15H17N3O2/c1-3-20-14-7-5-4-6-13(14)17-15(19)9-8-12-10-16-18(2)11-12/h4-11H,3H2,1-2H3,(H,17,19)/b9-8+. The molecule has 0 atom stereocenters. The molecule has 0 aliphatic rings. The maximum absolute atomic E-state index is 11.9. The highest BCUT2D eigenvalue weighted by atomic mass is 16.5. The van der Waals surface area contributed by atoms with E-state index in [0.717, 1.165) is 5.56 Å². The van der Waals surface area contributed by atoms with Crippen LogP contribution in [0.1, 0.15) is 12.5 Å². The van der Waals surface area contributed by atoms with Gasteiger partial charge in [0.2, 0.25) is 5.91 Å². The number of rotatable bonds is 5. The summed E-state index contributed by atoms with van der Waals surface area (Å²) in [6, 6.07) is 7.35. The van der Waals surface area contributed by atoms with Crippen molar-refractivity contribution in [3.63, 3.8) is 0 Å². The van der Waals surface area contributed by atoms with Gasteiger partial charge in [-0.15, -0.1) is 0 Å². The molecule has 0 saturated heterocycles. The number of aryl methyl sites for hydroxylation is 1. The Morgan fingerprint density at radius 1 is 1.45 bits per heavy atom. The SMILES string of the molecule is CCOc1ccccc1NC(=O)/C=C/c1cnn(C)c1. The van der Waals surface area contributed by atoms with Crippen molar-refractivity contribution >= 4 is 17.7 Å². The predicted molar refractivity (Wildman–Crippen MR) is 78.5 cm³/mol. The van der Waals surface area contributed by atoms with E-state index in [4.69, 9.17) is 4.74 Å². The third-order valence-electron chi connectivity index (χ3n) is 2.60. The summed E-state index contributed by atoms with van der Waals surface area (Å²) in [5, 5.41) is 6.83. The molecule has 1 amide bonds. The van der Waals surface area contributed by atoms with Crippen LogP contribution >= 0.6 is 0 Å². The molecule has 0 saturated carbocycles.